The first-order valence-corrected chi connectivity index (χ1v) is 3.18. The Morgan fingerprint density at radius 1 is 1.60 bits per heavy atom. The molecule has 2 heterocycles. The van der Waals surface area contributed by atoms with Gasteiger partial charge < -0.3 is 5.32 Å². The molecule has 0 aromatic carbocycles. The lowest BCUT2D eigenvalue weighted by Gasteiger charge is -2.09. The molecule has 0 bridgehead atoms. The van der Waals surface area contributed by atoms with Crippen molar-refractivity contribution in [1.29, 1.82) is 0 Å². The number of carbonyl (C=O) groups is 1. The first-order valence-electron chi connectivity index (χ1n) is 3.18. The standard InChI is InChI=1S/C6H7N3O/c10-6-4-3-8-9-5(4)1-2-7-6/h3H,1-2H2,(H,7,10)(H,8,9). The number of hydrogen-bond acceptors (Lipinski definition) is 2. The van der Waals surface area contributed by atoms with Crippen molar-refractivity contribution in [2.24, 2.45) is 0 Å². The molecule has 1 aliphatic heterocycles. The predicted molar refractivity (Wildman–Crippen MR) is 34.6 cm³/mol. The number of nitrogens with one attached hydrogen (secondary N) is 2. The number of aromatic amines is 1. The molecule has 0 radical (unpaired) electrons. The van der Waals surface area contributed by atoms with Crippen LogP contribution in [0.15, 0.2) is 6.20 Å². The molecule has 0 saturated carbocycles. The number of carbonyl (C=O) groups excluding carboxylic acids is 1. The van der Waals surface area contributed by atoms with E-state index < -0.39 is 0 Å². The molecule has 0 atom stereocenters. The van der Waals surface area contributed by atoms with Crippen LogP contribution in [-0.4, -0.2) is 22.6 Å². The molecule has 10 heavy (non-hydrogen) atoms. The SMILES string of the molecule is O=C1NCCc2[nH]ncc21. The average Bonchev–Trinajstić information content (AvgIpc) is 2.36. The van der Waals surface area contributed by atoms with E-state index in [2.05, 4.69) is 15.5 Å². The molecule has 2 rings (SSSR count). The van der Waals surface area contributed by atoms with E-state index in [4.69, 9.17) is 0 Å². The largest absolute Gasteiger partial charge is 0.352 e. The molecule has 1 aliphatic rings. The molecule has 4 nitrogen and oxygen atoms in total. The van der Waals surface area contributed by atoms with Crippen molar-refractivity contribution in [2.45, 2.75) is 6.42 Å². The van der Waals surface area contributed by atoms with Crippen LogP contribution in [0.5, 0.6) is 0 Å². The van der Waals surface area contributed by atoms with Gasteiger partial charge in [-0.1, -0.05) is 0 Å². The first-order chi connectivity index (χ1) is 4.88. The summed E-state index contributed by atoms with van der Waals surface area (Å²) in [4.78, 5) is 11.0. The van der Waals surface area contributed by atoms with Crippen LogP contribution in [0.3, 0.4) is 0 Å². The van der Waals surface area contributed by atoms with Gasteiger partial charge in [0.1, 0.15) is 0 Å². The van der Waals surface area contributed by atoms with Crippen LogP contribution >= 0.6 is 0 Å². The summed E-state index contributed by atoms with van der Waals surface area (Å²) < 4.78 is 0. The summed E-state index contributed by atoms with van der Waals surface area (Å²) in [5.41, 5.74) is 1.63. The van der Waals surface area contributed by atoms with Crippen LogP contribution < -0.4 is 5.32 Å². The minimum absolute atomic E-state index is 0.0185. The first kappa shape index (κ1) is 5.46. The number of H-pyrrole nitrogens is 1. The third-order valence-electron chi connectivity index (χ3n) is 1.62. The monoisotopic (exact) mass is 137 g/mol. The van der Waals surface area contributed by atoms with E-state index in [1.54, 1.807) is 6.20 Å². The Balaban J connectivity index is 2.50. The van der Waals surface area contributed by atoms with Crippen LogP contribution in [-0.2, 0) is 6.42 Å². The number of hydrogen-bond donors (Lipinski definition) is 2. The van der Waals surface area contributed by atoms with Gasteiger partial charge in [0.05, 0.1) is 11.8 Å². The van der Waals surface area contributed by atoms with E-state index in [1.165, 1.54) is 0 Å². The van der Waals surface area contributed by atoms with Gasteiger partial charge in [-0.25, -0.2) is 0 Å². The maximum Gasteiger partial charge on any atom is 0.254 e. The summed E-state index contributed by atoms with van der Waals surface area (Å²) in [5, 5.41) is 9.27. The molecule has 0 saturated heterocycles. The van der Waals surface area contributed by atoms with Crippen molar-refractivity contribution in [3.05, 3.63) is 17.5 Å². The highest BCUT2D eigenvalue weighted by Crippen LogP contribution is 2.08. The Kier molecular flexibility index (Phi) is 1.00. The van der Waals surface area contributed by atoms with Crippen LogP contribution in [0.1, 0.15) is 16.1 Å². The number of amides is 1. The summed E-state index contributed by atoms with van der Waals surface area (Å²) in [7, 11) is 0. The molecular formula is C6H7N3O. The van der Waals surface area contributed by atoms with Gasteiger partial charge in [-0.2, -0.15) is 5.10 Å². The quantitative estimate of drug-likeness (QED) is 0.515. The fraction of sp³-hybridized carbons (Fsp3) is 0.333. The van der Waals surface area contributed by atoms with Gasteiger partial charge >= 0.3 is 0 Å². The average molecular weight is 137 g/mol. The molecule has 1 aromatic heterocycles. The molecule has 1 amide bonds. The van der Waals surface area contributed by atoms with E-state index >= 15 is 0 Å². The molecule has 4 heteroatoms. The number of fused-ring (bicyclic) bond motifs is 1. The number of nitrogens with zero attached hydrogens (tertiary/aromatic N) is 1. The molecule has 1 aromatic rings. The number of rotatable bonds is 0. The van der Waals surface area contributed by atoms with Crippen molar-refractivity contribution in [2.75, 3.05) is 6.54 Å². The van der Waals surface area contributed by atoms with Crippen molar-refractivity contribution in [1.82, 2.24) is 15.5 Å². The van der Waals surface area contributed by atoms with Gasteiger partial charge in [-0.05, 0) is 0 Å². The van der Waals surface area contributed by atoms with Crippen molar-refractivity contribution >= 4 is 5.91 Å². The van der Waals surface area contributed by atoms with E-state index in [0.717, 1.165) is 12.1 Å². The summed E-state index contributed by atoms with van der Waals surface area (Å²) in [6.07, 6.45) is 2.42. The molecule has 0 unspecified atom stereocenters. The van der Waals surface area contributed by atoms with Crippen molar-refractivity contribution in [3.8, 4) is 0 Å². The highest BCUT2D eigenvalue weighted by molar-refractivity contribution is 5.95. The molecule has 52 valence electrons. The minimum atomic E-state index is -0.0185. The third-order valence-corrected chi connectivity index (χ3v) is 1.62. The maximum atomic E-state index is 11.0. The maximum absolute atomic E-state index is 11.0. The summed E-state index contributed by atoms with van der Waals surface area (Å²) >= 11 is 0. The van der Waals surface area contributed by atoms with Gasteiger partial charge in [-0.3, -0.25) is 9.89 Å². The van der Waals surface area contributed by atoms with Crippen LogP contribution in [0.25, 0.3) is 0 Å². The molecule has 2 N–H and O–H groups in total. The Morgan fingerprint density at radius 3 is 3.30 bits per heavy atom. The molecule has 0 fully saturated rings. The van der Waals surface area contributed by atoms with Gasteiger partial charge in [0.15, 0.2) is 0 Å². The van der Waals surface area contributed by atoms with Crippen molar-refractivity contribution in [3.63, 3.8) is 0 Å². The van der Waals surface area contributed by atoms with E-state index in [0.29, 0.717) is 12.1 Å². The van der Waals surface area contributed by atoms with Gasteiger partial charge in [0.25, 0.3) is 5.91 Å². The molecule has 0 aliphatic carbocycles. The van der Waals surface area contributed by atoms with E-state index in [9.17, 15) is 4.79 Å². The van der Waals surface area contributed by atoms with Gasteiger partial charge in [-0.15, -0.1) is 0 Å². The van der Waals surface area contributed by atoms with E-state index in [1.807, 2.05) is 0 Å². The Labute approximate surface area is 57.6 Å². The normalized spacial score (nSPS) is 16.2. The molecular weight excluding hydrogens is 130 g/mol. The predicted octanol–water partition coefficient (Wildman–Crippen LogP) is -0.304. The fourth-order valence-corrected chi connectivity index (χ4v) is 1.10. The third kappa shape index (κ3) is 0.618. The van der Waals surface area contributed by atoms with E-state index in [-0.39, 0.29) is 5.91 Å². The highest BCUT2D eigenvalue weighted by atomic mass is 16.1. The zero-order chi connectivity index (χ0) is 6.97. The highest BCUT2D eigenvalue weighted by Gasteiger charge is 2.17. The Hall–Kier alpha value is -1.32. The van der Waals surface area contributed by atoms with Gasteiger partial charge in [0, 0.05) is 18.7 Å². The van der Waals surface area contributed by atoms with Crippen molar-refractivity contribution < 1.29 is 4.79 Å². The molecule has 0 spiro atoms. The lowest BCUT2D eigenvalue weighted by atomic mass is 10.1. The Morgan fingerprint density at radius 2 is 2.50 bits per heavy atom. The topological polar surface area (TPSA) is 57.8 Å². The van der Waals surface area contributed by atoms with Gasteiger partial charge in [0.2, 0.25) is 0 Å². The minimum Gasteiger partial charge on any atom is -0.352 e. The lowest BCUT2D eigenvalue weighted by molar-refractivity contribution is 0.0946. The second-order valence-corrected chi connectivity index (χ2v) is 2.27. The summed E-state index contributed by atoms with van der Waals surface area (Å²) in [5.74, 6) is -0.0185. The summed E-state index contributed by atoms with van der Waals surface area (Å²) in [6, 6.07) is 0. The zero-order valence-electron chi connectivity index (χ0n) is 5.35. The Bertz CT molecular complexity index is 266. The second kappa shape index (κ2) is 1.83. The number of aromatic nitrogens is 2. The second-order valence-electron chi connectivity index (χ2n) is 2.27. The van der Waals surface area contributed by atoms with Crippen LogP contribution in [0.4, 0.5) is 0 Å². The summed E-state index contributed by atoms with van der Waals surface area (Å²) in [6.45, 7) is 0.716. The van der Waals surface area contributed by atoms with Crippen LogP contribution in [0, 0.1) is 0 Å². The fourth-order valence-electron chi connectivity index (χ4n) is 1.10. The lowest BCUT2D eigenvalue weighted by Crippen LogP contribution is -2.31. The van der Waals surface area contributed by atoms with Crippen LogP contribution in [0.2, 0.25) is 0 Å². The smallest absolute Gasteiger partial charge is 0.254 e. The zero-order valence-corrected chi connectivity index (χ0v) is 5.35.